The Kier molecular flexibility index (Phi) is 3.68. The van der Waals surface area contributed by atoms with Gasteiger partial charge < -0.3 is 18.6 Å². The van der Waals surface area contributed by atoms with E-state index in [9.17, 15) is 4.79 Å². The molecule has 0 bridgehead atoms. The van der Waals surface area contributed by atoms with Crippen molar-refractivity contribution in [2.45, 2.75) is 20.4 Å². The molecular formula is C21H17N3O4. The van der Waals surface area contributed by atoms with Crippen molar-refractivity contribution >= 4 is 10.9 Å². The first kappa shape index (κ1) is 16.6. The zero-order valence-electron chi connectivity index (χ0n) is 15.4. The zero-order chi connectivity index (χ0) is 19.3. The largest absolute Gasteiger partial charge is 0.454 e. The van der Waals surface area contributed by atoms with Crippen molar-refractivity contribution in [3.63, 3.8) is 0 Å². The van der Waals surface area contributed by atoms with Crippen molar-refractivity contribution in [3.05, 3.63) is 58.4 Å². The highest BCUT2D eigenvalue weighted by Crippen LogP contribution is 2.35. The number of hydrogen-bond donors (Lipinski definition) is 0. The predicted molar refractivity (Wildman–Crippen MR) is 103 cm³/mol. The van der Waals surface area contributed by atoms with Crippen LogP contribution in [0.25, 0.3) is 33.7 Å². The molecule has 0 radical (unpaired) electrons. The Bertz CT molecular complexity index is 1270. The molecule has 0 N–H and O–H groups in total. The van der Waals surface area contributed by atoms with Crippen LogP contribution in [-0.4, -0.2) is 21.5 Å². The summed E-state index contributed by atoms with van der Waals surface area (Å²) in [4.78, 5) is 17.5. The van der Waals surface area contributed by atoms with Gasteiger partial charge in [-0.15, -0.1) is 0 Å². The lowest BCUT2D eigenvalue weighted by Crippen LogP contribution is -2.12. The van der Waals surface area contributed by atoms with Gasteiger partial charge in [-0.25, -0.2) is 0 Å². The maximum Gasteiger partial charge on any atom is 0.263 e. The summed E-state index contributed by atoms with van der Waals surface area (Å²) in [6, 6.07) is 11.3. The lowest BCUT2D eigenvalue weighted by atomic mass is 10.1. The van der Waals surface area contributed by atoms with E-state index in [2.05, 4.69) is 10.1 Å². The fraction of sp³-hybridized carbons (Fsp3) is 0.190. The van der Waals surface area contributed by atoms with Crippen molar-refractivity contribution in [1.82, 2.24) is 14.7 Å². The number of benzene rings is 2. The van der Waals surface area contributed by atoms with Crippen LogP contribution in [0.2, 0.25) is 0 Å². The van der Waals surface area contributed by atoms with Crippen molar-refractivity contribution in [3.8, 4) is 34.3 Å². The van der Waals surface area contributed by atoms with Crippen molar-refractivity contribution in [2.75, 3.05) is 6.79 Å². The lowest BCUT2D eigenvalue weighted by molar-refractivity contribution is 0.174. The average Bonchev–Trinajstić information content (AvgIpc) is 3.37. The Morgan fingerprint density at radius 2 is 1.96 bits per heavy atom. The topological polar surface area (TPSA) is 79.4 Å². The third kappa shape index (κ3) is 2.55. The third-order valence-electron chi connectivity index (χ3n) is 4.86. The zero-order valence-corrected chi connectivity index (χ0v) is 15.4. The maximum absolute atomic E-state index is 13.1. The van der Waals surface area contributed by atoms with Crippen molar-refractivity contribution in [2.24, 2.45) is 0 Å². The summed E-state index contributed by atoms with van der Waals surface area (Å²) in [7, 11) is 0. The molecule has 5 rings (SSSR count). The summed E-state index contributed by atoms with van der Waals surface area (Å²) in [5.74, 6) is 1.91. The standard InChI is InChI=1S/C21H17N3O4/c1-3-24-10-15(19(25)14-8-12(2)4-6-16(14)24)21-22-20(23-28-21)13-5-7-17-18(9-13)27-11-26-17/h4-10H,3,11H2,1-2H3. The van der Waals surface area contributed by atoms with Gasteiger partial charge in [0.1, 0.15) is 5.56 Å². The first-order valence-electron chi connectivity index (χ1n) is 9.02. The molecule has 0 fully saturated rings. The molecule has 4 aromatic rings. The summed E-state index contributed by atoms with van der Waals surface area (Å²) in [6.07, 6.45) is 1.77. The second kappa shape index (κ2) is 6.23. The van der Waals surface area contributed by atoms with E-state index < -0.39 is 0 Å². The first-order chi connectivity index (χ1) is 13.6. The maximum atomic E-state index is 13.1. The van der Waals surface area contributed by atoms with E-state index in [0.29, 0.717) is 28.3 Å². The molecule has 0 spiro atoms. The number of pyridine rings is 1. The first-order valence-corrected chi connectivity index (χ1v) is 9.02. The number of ether oxygens (including phenoxy) is 2. The fourth-order valence-electron chi connectivity index (χ4n) is 3.41. The molecule has 0 unspecified atom stereocenters. The number of fused-ring (bicyclic) bond motifs is 2. The van der Waals surface area contributed by atoms with E-state index in [4.69, 9.17) is 14.0 Å². The van der Waals surface area contributed by atoms with Gasteiger partial charge in [-0.3, -0.25) is 4.79 Å². The number of rotatable bonds is 3. The minimum absolute atomic E-state index is 0.121. The van der Waals surface area contributed by atoms with Gasteiger partial charge in [0.15, 0.2) is 11.5 Å². The summed E-state index contributed by atoms with van der Waals surface area (Å²) in [6.45, 7) is 4.91. The van der Waals surface area contributed by atoms with Crippen molar-refractivity contribution < 1.29 is 14.0 Å². The molecule has 2 aromatic heterocycles. The lowest BCUT2D eigenvalue weighted by Gasteiger charge is -2.10. The molecule has 7 heteroatoms. The Balaban J connectivity index is 1.63. The van der Waals surface area contributed by atoms with E-state index in [1.807, 2.05) is 42.7 Å². The van der Waals surface area contributed by atoms with E-state index in [0.717, 1.165) is 23.2 Å². The van der Waals surface area contributed by atoms with E-state index >= 15 is 0 Å². The van der Waals surface area contributed by atoms with Crippen LogP contribution in [0.3, 0.4) is 0 Å². The van der Waals surface area contributed by atoms with Crippen LogP contribution in [0.4, 0.5) is 0 Å². The molecule has 3 heterocycles. The van der Waals surface area contributed by atoms with Crippen LogP contribution in [0.1, 0.15) is 12.5 Å². The Morgan fingerprint density at radius 1 is 1.11 bits per heavy atom. The second-order valence-corrected chi connectivity index (χ2v) is 6.67. The minimum Gasteiger partial charge on any atom is -0.454 e. The fourth-order valence-corrected chi connectivity index (χ4v) is 3.41. The Labute approximate surface area is 160 Å². The van der Waals surface area contributed by atoms with Gasteiger partial charge in [0, 0.05) is 23.7 Å². The van der Waals surface area contributed by atoms with Crippen LogP contribution in [-0.2, 0) is 6.54 Å². The molecule has 0 atom stereocenters. The van der Waals surface area contributed by atoms with E-state index in [1.165, 1.54) is 0 Å². The molecule has 0 saturated carbocycles. The highest BCUT2D eigenvalue weighted by Gasteiger charge is 2.19. The molecule has 0 aliphatic carbocycles. The number of nitrogens with zero attached hydrogens (tertiary/aromatic N) is 3. The molecule has 2 aromatic carbocycles. The molecule has 7 nitrogen and oxygen atoms in total. The number of aromatic nitrogens is 3. The van der Waals surface area contributed by atoms with Crippen LogP contribution in [0.5, 0.6) is 11.5 Å². The van der Waals surface area contributed by atoms with Gasteiger partial charge in [-0.05, 0) is 44.2 Å². The summed E-state index contributed by atoms with van der Waals surface area (Å²) < 4.78 is 18.2. The molecule has 0 amide bonds. The average molecular weight is 375 g/mol. The normalized spacial score (nSPS) is 12.6. The van der Waals surface area contributed by atoms with Crippen molar-refractivity contribution in [1.29, 1.82) is 0 Å². The van der Waals surface area contributed by atoms with Gasteiger partial charge in [0.2, 0.25) is 18.0 Å². The molecule has 140 valence electrons. The van der Waals surface area contributed by atoms with Crippen LogP contribution < -0.4 is 14.9 Å². The summed E-state index contributed by atoms with van der Waals surface area (Å²) >= 11 is 0. The molecule has 1 aliphatic rings. The Morgan fingerprint density at radius 3 is 2.82 bits per heavy atom. The SMILES string of the molecule is CCn1cc(-c2nc(-c3ccc4c(c3)OCO4)no2)c(=O)c2cc(C)ccc21. The van der Waals surface area contributed by atoms with Gasteiger partial charge >= 0.3 is 0 Å². The quantitative estimate of drug-likeness (QED) is 0.542. The Hall–Kier alpha value is -3.61. The highest BCUT2D eigenvalue weighted by atomic mass is 16.7. The third-order valence-corrected chi connectivity index (χ3v) is 4.86. The van der Waals surface area contributed by atoms with Gasteiger partial charge in [-0.2, -0.15) is 4.98 Å². The van der Waals surface area contributed by atoms with Crippen LogP contribution in [0.15, 0.2) is 51.9 Å². The van der Waals surface area contributed by atoms with Gasteiger partial charge in [-0.1, -0.05) is 16.8 Å². The summed E-state index contributed by atoms with van der Waals surface area (Å²) in [5, 5.41) is 4.69. The molecular weight excluding hydrogens is 358 g/mol. The monoisotopic (exact) mass is 375 g/mol. The van der Waals surface area contributed by atoms with Gasteiger partial charge in [0.05, 0.1) is 5.52 Å². The van der Waals surface area contributed by atoms with E-state index in [-0.39, 0.29) is 18.1 Å². The predicted octanol–water partition coefficient (Wildman–Crippen LogP) is 3.78. The van der Waals surface area contributed by atoms with E-state index in [1.54, 1.807) is 18.3 Å². The summed E-state index contributed by atoms with van der Waals surface area (Å²) in [5.41, 5.74) is 2.91. The minimum atomic E-state index is -0.121. The molecule has 28 heavy (non-hydrogen) atoms. The smallest absolute Gasteiger partial charge is 0.263 e. The van der Waals surface area contributed by atoms with Crippen LogP contribution >= 0.6 is 0 Å². The number of hydrogen-bond acceptors (Lipinski definition) is 6. The van der Waals surface area contributed by atoms with Crippen LogP contribution in [0, 0.1) is 6.92 Å². The van der Waals surface area contributed by atoms with Gasteiger partial charge in [0.25, 0.3) is 5.89 Å². The molecule has 0 saturated heterocycles. The molecule has 1 aliphatic heterocycles. The second-order valence-electron chi connectivity index (χ2n) is 6.67. The number of aryl methyl sites for hydroxylation is 2. The highest BCUT2D eigenvalue weighted by molar-refractivity contribution is 5.83.